The highest BCUT2D eigenvalue weighted by atomic mass is 16.5. The molecule has 1 aromatic carbocycles. The summed E-state index contributed by atoms with van der Waals surface area (Å²) in [4.78, 5) is 0. The Balaban J connectivity index is 2.36. The van der Waals surface area contributed by atoms with Crippen LogP contribution in [0.1, 0.15) is 19.4 Å². The molecule has 0 unspecified atom stereocenters. The van der Waals surface area contributed by atoms with Gasteiger partial charge in [-0.25, -0.2) is 0 Å². The second-order valence-electron chi connectivity index (χ2n) is 5.10. The lowest BCUT2D eigenvalue weighted by Crippen LogP contribution is -2.45. The summed E-state index contributed by atoms with van der Waals surface area (Å²) in [7, 11) is 1.68. The summed E-state index contributed by atoms with van der Waals surface area (Å²) >= 11 is 0. The van der Waals surface area contributed by atoms with Crippen molar-refractivity contribution in [1.82, 2.24) is 5.32 Å². The van der Waals surface area contributed by atoms with Gasteiger partial charge in [0, 0.05) is 24.8 Å². The zero-order valence-electron chi connectivity index (χ0n) is 12.2. The second kappa shape index (κ2) is 7.72. The largest absolute Gasteiger partial charge is 0.492 e. The molecular formula is C14H23N3O3. The summed E-state index contributed by atoms with van der Waals surface area (Å²) in [5, 5.41) is 14.9. The van der Waals surface area contributed by atoms with E-state index in [0.717, 1.165) is 12.3 Å². The Kier molecular flexibility index (Phi) is 6.27. The minimum Gasteiger partial charge on any atom is -0.492 e. The molecule has 0 saturated heterocycles. The molecule has 20 heavy (non-hydrogen) atoms. The first-order valence-corrected chi connectivity index (χ1v) is 6.43. The third kappa shape index (κ3) is 5.46. The molecule has 0 atom stereocenters. The van der Waals surface area contributed by atoms with E-state index in [0.29, 0.717) is 18.8 Å². The molecule has 1 rings (SSSR count). The summed E-state index contributed by atoms with van der Waals surface area (Å²) in [6.07, 6.45) is 0. The molecule has 0 heterocycles. The summed E-state index contributed by atoms with van der Waals surface area (Å²) in [6, 6.07) is 7.06. The molecule has 0 saturated carbocycles. The van der Waals surface area contributed by atoms with Gasteiger partial charge in [-0.05, 0) is 38.1 Å². The van der Waals surface area contributed by atoms with Gasteiger partial charge in [-0.15, -0.1) is 0 Å². The molecule has 0 aliphatic heterocycles. The molecule has 1 aromatic rings. The normalized spacial score (nSPS) is 12.4. The maximum atomic E-state index is 8.56. The monoisotopic (exact) mass is 281 g/mol. The van der Waals surface area contributed by atoms with Crippen LogP contribution in [0.2, 0.25) is 0 Å². The molecule has 0 aliphatic rings. The second-order valence-corrected chi connectivity index (χ2v) is 5.10. The quantitative estimate of drug-likeness (QED) is 0.219. The average molecular weight is 281 g/mol. The number of amidine groups is 1. The van der Waals surface area contributed by atoms with Gasteiger partial charge in [0.2, 0.25) is 0 Å². The van der Waals surface area contributed by atoms with E-state index in [1.807, 2.05) is 0 Å². The van der Waals surface area contributed by atoms with Crippen LogP contribution >= 0.6 is 0 Å². The Labute approximate surface area is 119 Å². The van der Waals surface area contributed by atoms with Crippen LogP contribution in [0, 0.1) is 0 Å². The van der Waals surface area contributed by atoms with Crippen molar-refractivity contribution < 1.29 is 14.7 Å². The number of rotatable bonds is 8. The average Bonchev–Trinajstić information content (AvgIpc) is 2.43. The topological polar surface area (TPSA) is 89.1 Å². The fourth-order valence-corrected chi connectivity index (χ4v) is 1.75. The highest BCUT2D eigenvalue weighted by molar-refractivity contribution is 5.97. The molecule has 0 radical (unpaired) electrons. The highest BCUT2D eigenvalue weighted by Gasteiger charge is 2.15. The van der Waals surface area contributed by atoms with Crippen molar-refractivity contribution in [3.63, 3.8) is 0 Å². The van der Waals surface area contributed by atoms with Crippen LogP contribution in [-0.4, -0.2) is 43.5 Å². The third-order valence-corrected chi connectivity index (χ3v) is 2.74. The van der Waals surface area contributed by atoms with Crippen molar-refractivity contribution in [3.8, 4) is 5.75 Å². The van der Waals surface area contributed by atoms with Gasteiger partial charge in [0.15, 0.2) is 5.84 Å². The molecular weight excluding hydrogens is 258 g/mol. The summed E-state index contributed by atoms with van der Waals surface area (Å²) in [5.74, 6) is 0.824. The van der Waals surface area contributed by atoms with Gasteiger partial charge < -0.3 is 25.7 Å². The molecule has 0 aliphatic carbocycles. The van der Waals surface area contributed by atoms with Crippen molar-refractivity contribution in [1.29, 1.82) is 0 Å². The fourth-order valence-electron chi connectivity index (χ4n) is 1.75. The molecule has 0 amide bonds. The SMILES string of the molecule is COCC(C)(C)NCCOc1ccc(/C(N)=N/O)cc1. The van der Waals surface area contributed by atoms with Crippen molar-refractivity contribution in [2.24, 2.45) is 10.9 Å². The van der Waals surface area contributed by atoms with Crippen molar-refractivity contribution >= 4 is 5.84 Å². The molecule has 0 aromatic heterocycles. The predicted octanol–water partition coefficient (Wildman–Crippen LogP) is 1.17. The van der Waals surface area contributed by atoms with Crippen LogP contribution in [0.3, 0.4) is 0 Å². The molecule has 0 bridgehead atoms. The molecule has 4 N–H and O–H groups in total. The van der Waals surface area contributed by atoms with Crippen molar-refractivity contribution in [3.05, 3.63) is 29.8 Å². The Morgan fingerprint density at radius 2 is 2.00 bits per heavy atom. The number of ether oxygens (including phenoxy) is 2. The number of nitrogens with one attached hydrogen (secondary N) is 1. The van der Waals surface area contributed by atoms with Crippen LogP contribution < -0.4 is 15.8 Å². The van der Waals surface area contributed by atoms with Crippen LogP contribution in [0.4, 0.5) is 0 Å². The van der Waals surface area contributed by atoms with E-state index in [2.05, 4.69) is 24.3 Å². The third-order valence-electron chi connectivity index (χ3n) is 2.74. The lowest BCUT2D eigenvalue weighted by Gasteiger charge is -2.25. The minimum absolute atomic E-state index is 0.0754. The van der Waals surface area contributed by atoms with E-state index in [1.54, 1.807) is 31.4 Å². The van der Waals surface area contributed by atoms with E-state index < -0.39 is 0 Å². The first-order chi connectivity index (χ1) is 9.48. The molecule has 0 fully saturated rings. The lowest BCUT2D eigenvalue weighted by molar-refractivity contribution is 0.125. The van der Waals surface area contributed by atoms with Crippen LogP contribution in [0.25, 0.3) is 0 Å². The van der Waals surface area contributed by atoms with Crippen LogP contribution in [0.5, 0.6) is 5.75 Å². The zero-order chi connectivity index (χ0) is 15.0. The summed E-state index contributed by atoms with van der Waals surface area (Å²) in [6.45, 7) is 6.06. The fraction of sp³-hybridized carbons (Fsp3) is 0.500. The van der Waals surface area contributed by atoms with Gasteiger partial charge in [-0.3, -0.25) is 0 Å². The van der Waals surface area contributed by atoms with Gasteiger partial charge in [-0.1, -0.05) is 5.16 Å². The van der Waals surface area contributed by atoms with Crippen molar-refractivity contribution in [2.75, 3.05) is 26.9 Å². The van der Waals surface area contributed by atoms with Gasteiger partial charge in [0.1, 0.15) is 12.4 Å². The van der Waals surface area contributed by atoms with E-state index in [-0.39, 0.29) is 11.4 Å². The number of methoxy groups -OCH3 is 1. The number of hydrogen-bond donors (Lipinski definition) is 3. The van der Waals surface area contributed by atoms with E-state index >= 15 is 0 Å². The van der Waals surface area contributed by atoms with Crippen LogP contribution in [-0.2, 0) is 4.74 Å². The Hall–Kier alpha value is -1.79. The van der Waals surface area contributed by atoms with E-state index in [4.69, 9.17) is 20.4 Å². The highest BCUT2D eigenvalue weighted by Crippen LogP contribution is 2.12. The Morgan fingerprint density at radius 3 is 2.55 bits per heavy atom. The maximum Gasteiger partial charge on any atom is 0.170 e. The summed E-state index contributed by atoms with van der Waals surface area (Å²) in [5.41, 5.74) is 6.06. The smallest absolute Gasteiger partial charge is 0.170 e. The molecule has 6 heteroatoms. The minimum atomic E-state index is -0.0754. The molecule has 6 nitrogen and oxygen atoms in total. The van der Waals surface area contributed by atoms with Gasteiger partial charge in [-0.2, -0.15) is 0 Å². The predicted molar refractivity (Wildman–Crippen MR) is 78.4 cm³/mol. The number of nitrogens with zero attached hydrogens (tertiary/aromatic N) is 1. The first kappa shape index (κ1) is 16.3. The molecule has 0 spiro atoms. The first-order valence-electron chi connectivity index (χ1n) is 6.43. The zero-order valence-corrected chi connectivity index (χ0v) is 12.2. The number of hydrogen-bond acceptors (Lipinski definition) is 5. The van der Waals surface area contributed by atoms with Gasteiger partial charge in [0.05, 0.1) is 6.61 Å². The van der Waals surface area contributed by atoms with E-state index in [9.17, 15) is 0 Å². The lowest BCUT2D eigenvalue weighted by atomic mass is 10.1. The van der Waals surface area contributed by atoms with Gasteiger partial charge in [0.25, 0.3) is 0 Å². The number of oxime groups is 1. The molecule has 112 valence electrons. The number of nitrogens with two attached hydrogens (primary N) is 1. The van der Waals surface area contributed by atoms with E-state index in [1.165, 1.54) is 0 Å². The Bertz CT molecular complexity index is 430. The summed E-state index contributed by atoms with van der Waals surface area (Å²) < 4.78 is 10.7. The standard InChI is InChI=1S/C14H23N3O3/c1-14(2,10-19-3)16-8-9-20-12-6-4-11(5-7-12)13(15)17-18/h4-7,16,18H,8-10H2,1-3H3,(H2,15,17). The van der Waals surface area contributed by atoms with Gasteiger partial charge >= 0.3 is 0 Å². The maximum absolute atomic E-state index is 8.56. The number of benzene rings is 1. The Morgan fingerprint density at radius 1 is 1.35 bits per heavy atom. The van der Waals surface area contributed by atoms with Crippen molar-refractivity contribution in [2.45, 2.75) is 19.4 Å². The van der Waals surface area contributed by atoms with Crippen LogP contribution in [0.15, 0.2) is 29.4 Å².